The Bertz CT molecular complexity index is 879. The molecule has 1 atom stereocenters. The first kappa shape index (κ1) is 17.2. The van der Waals surface area contributed by atoms with Crippen molar-refractivity contribution in [1.29, 1.82) is 0 Å². The number of fused-ring (bicyclic) bond motifs is 1. The fraction of sp³-hybridized carbons (Fsp3) is 0.526. The van der Waals surface area contributed by atoms with Crippen LogP contribution in [-0.4, -0.2) is 64.7 Å². The Morgan fingerprint density at radius 1 is 1.19 bits per heavy atom. The molecule has 0 spiro atoms. The first-order valence-electron chi connectivity index (χ1n) is 9.20. The van der Waals surface area contributed by atoms with Crippen LogP contribution in [0.4, 0.5) is 0 Å². The van der Waals surface area contributed by atoms with E-state index < -0.39 is 0 Å². The van der Waals surface area contributed by atoms with Crippen molar-refractivity contribution >= 4 is 16.8 Å². The van der Waals surface area contributed by atoms with Crippen molar-refractivity contribution in [3.05, 3.63) is 40.4 Å². The number of morpholine rings is 1. The highest BCUT2D eigenvalue weighted by atomic mass is 16.5. The summed E-state index contributed by atoms with van der Waals surface area (Å²) in [6.07, 6.45) is 2.06. The minimum atomic E-state index is 0.000747. The van der Waals surface area contributed by atoms with E-state index in [1.165, 1.54) is 0 Å². The molecule has 2 aromatic rings. The fourth-order valence-electron chi connectivity index (χ4n) is 3.96. The number of para-hydroxylation sites is 1. The summed E-state index contributed by atoms with van der Waals surface area (Å²) < 4.78 is 6.88. The molecule has 1 aromatic carbocycles. The van der Waals surface area contributed by atoms with E-state index in [0.717, 1.165) is 37.3 Å². The smallest absolute Gasteiger partial charge is 0.261 e. The van der Waals surface area contributed by atoms with E-state index in [0.29, 0.717) is 25.1 Å². The minimum absolute atomic E-state index is 0.000747. The third-order valence-corrected chi connectivity index (χ3v) is 5.42. The highest BCUT2D eigenvalue weighted by Crippen LogP contribution is 2.30. The second kappa shape index (κ2) is 7.17. The Kier molecular flexibility index (Phi) is 4.74. The lowest BCUT2D eigenvalue weighted by molar-refractivity contribution is -0.142. The van der Waals surface area contributed by atoms with E-state index in [2.05, 4.69) is 4.90 Å². The topological polar surface area (TPSA) is 67.7 Å². The third kappa shape index (κ3) is 3.12. The van der Waals surface area contributed by atoms with Crippen molar-refractivity contribution < 1.29 is 9.53 Å². The molecule has 1 aromatic heterocycles. The van der Waals surface area contributed by atoms with Gasteiger partial charge >= 0.3 is 0 Å². The normalized spacial score (nSPS) is 21.7. The monoisotopic (exact) mass is 356 g/mol. The number of carbonyl (C=O) groups is 1. The minimum Gasteiger partial charge on any atom is -0.370 e. The SMILES string of the molecule is Cn1c(C2CCCN2CCN2CCOCC2=O)nc2ccccc2c1=O. The Morgan fingerprint density at radius 2 is 2.04 bits per heavy atom. The number of benzene rings is 1. The number of ether oxygens (including phenoxy) is 1. The van der Waals surface area contributed by atoms with Gasteiger partial charge in [-0.05, 0) is 31.5 Å². The van der Waals surface area contributed by atoms with Crippen molar-refractivity contribution in [2.45, 2.75) is 18.9 Å². The molecule has 7 heteroatoms. The predicted octanol–water partition coefficient (Wildman–Crippen LogP) is 0.929. The van der Waals surface area contributed by atoms with Crippen molar-refractivity contribution in [1.82, 2.24) is 19.4 Å². The molecule has 3 heterocycles. The molecule has 2 fully saturated rings. The maximum atomic E-state index is 12.7. The molecule has 26 heavy (non-hydrogen) atoms. The number of likely N-dealkylation sites (tertiary alicyclic amines) is 1. The van der Waals surface area contributed by atoms with Gasteiger partial charge in [0, 0.05) is 26.7 Å². The van der Waals surface area contributed by atoms with Crippen LogP contribution in [0, 0.1) is 0 Å². The van der Waals surface area contributed by atoms with E-state index in [-0.39, 0.29) is 24.1 Å². The number of nitrogens with zero attached hydrogens (tertiary/aromatic N) is 4. The van der Waals surface area contributed by atoms with Crippen LogP contribution >= 0.6 is 0 Å². The summed E-state index contributed by atoms with van der Waals surface area (Å²) in [6.45, 7) is 3.90. The van der Waals surface area contributed by atoms with Gasteiger partial charge in [-0.2, -0.15) is 0 Å². The predicted molar refractivity (Wildman–Crippen MR) is 97.9 cm³/mol. The highest BCUT2D eigenvalue weighted by molar-refractivity contribution is 5.78. The van der Waals surface area contributed by atoms with Gasteiger partial charge in [-0.25, -0.2) is 4.98 Å². The molecule has 4 rings (SSSR count). The standard InChI is InChI=1S/C19H24N4O3/c1-21-18(20-15-6-3-2-5-14(15)19(21)25)16-7-4-8-22(16)9-10-23-11-12-26-13-17(23)24/h2-3,5-6,16H,4,7-13H2,1H3. The maximum absolute atomic E-state index is 12.7. The lowest BCUT2D eigenvalue weighted by Crippen LogP contribution is -2.45. The molecule has 0 aliphatic carbocycles. The average molecular weight is 356 g/mol. The van der Waals surface area contributed by atoms with Crippen molar-refractivity contribution in [3.63, 3.8) is 0 Å². The molecule has 2 aliphatic rings. The van der Waals surface area contributed by atoms with Crippen molar-refractivity contribution in [2.75, 3.05) is 39.4 Å². The fourth-order valence-corrected chi connectivity index (χ4v) is 3.96. The largest absolute Gasteiger partial charge is 0.370 e. The lowest BCUT2D eigenvalue weighted by Gasteiger charge is -2.31. The van der Waals surface area contributed by atoms with Gasteiger partial charge in [0.15, 0.2) is 0 Å². The van der Waals surface area contributed by atoms with Gasteiger partial charge < -0.3 is 9.64 Å². The van der Waals surface area contributed by atoms with Crippen LogP contribution in [-0.2, 0) is 16.6 Å². The molecule has 138 valence electrons. The molecule has 0 saturated carbocycles. The van der Waals surface area contributed by atoms with E-state index in [4.69, 9.17) is 9.72 Å². The zero-order valence-electron chi connectivity index (χ0n) is 15.1. The van der Waals surface area contributed by atoms with E-state index >= 15 is 0 Å². The van der Waals surface area contributed by atoms with E-state index in [1.807, 2.05) is 29.2 Å². The number of aromatic nitrogens is 2. The first-order chi connectivity index (χ1) is 12.6. The summed E-state index contributed by atoms with van der Waals surface area (Å²) in [6, 6.07) is 7.62. The summed E-state index contributed by atoms with van der Waals surface area (Å²) in [5, 5.41) is 0.655. The van der Waals surface area contributed by atoms with Gasteiger partial charge in [0.05, 0.1) is 23.6 Å². The van der Waals surface area contributed by atoms with E-state index in [1.54, 1.807) is 11.6 Å². The second-order valence-electron chi connectivity index (χ2n) is 6.98. The molecule has 0 radical (unpaired) electrons. The zero-order chi connectivity index (χ0) is 18.1. The van der Waals surface area contributed by atoms with Crippen LogP contribution in [0.3, 0.4) is 0 Å². The number of hydrogen-bond acceptors (Lipinski definition) is 5. The number of carbonyl (C=O) groups excluding carboxylic acids is 1. The highest BCUT2D eigenvalue weighted by Gasteiger charge is 2.30. The maximum Gasteiger partial charge on any atom is 0.261 e. The number of hydrogen-bond donors (Lipinski definition) is 0. The molecule has 2 aliphatic heterocycles. The number of rotatable bonds is 4. The molecule has 0 bridgehead atoms. The van der Waals surface area contributed by atoms with Gasteiger partial charge in [-0.3, -0.25) is 19.1 Å². The first-order valence-corrected chi connectivity index (χ1v) is 9.20. The van der Waals surface area contributed by atoms with Gasteiger partial charge in [-0.1, -0.05) is 12.1 Å². The molecule has 1 unspecified atom stereocenters. The summed E-state index contributed by atoms with van der Waals surface area (Å²) in [4.78, 5) is 33.6. The van der Waals surface area contributed by atoms with Gasteiger partial charge in [-0.15, -0.1) is 0 Å². The lowest BCUT2D eigenvalue weighted by atomic mass is 10.1. The van der Waals surface area contributed by atoms with Crippen LogP contribution in [0.15, 0.2) is 29.1 Å². The van der Waals surface area contributed by atoms with Gasteiger partial charge in [0.1, 0.15) is 12.4 Å². The van der Waals surface area contributed by atoms with Gasteiger partial charge in [0.2, 0.25) is 5.91 Å². The van der Waals surface area contributed by atoms with E-state index in [9.17, 15) is 9.59 Å². The van der Waals surface area contributed by atoms with Crippen LogP contribution in [0.1, 0.15) is 24.7 Å². The van der Waals surface area contributed by atoms with Crippen LogP contribution in [0.25, 0.3) is 10.9 Å². The Balaban J connectivity index is 1.56. The number of amides is 1. The Labute approximate surface area is 152 Å². The molecule has 0 N–H and O–H groups in total. The van der Waals surface area contributed by atoms with Crippen molar-refractivity contribution in [3.8, 4) is 0 Å². The zero-order valence-corrected chi connectivity index (χ0v) is 15.1. The molecule has 7 nitrogen and oxygen atoms in total. The van der Waals surface area contributed by atoms with Crippen LogP contribution < -0.4 is 5.56 Å². The van der Waals surface area contributed by atoms with Crippen LogP contribution in [0.2, 0.25) is 0 Å². The molecule has 2 saturated heterocycles. The van der Waals surface area contributed by atoms with Gasteiger partial charge in [0.25, 0.3) is 5.56 Å². The molecule has 1 amide bonds. The van der Waals surface area contributed by atoms with Crippen LogP contribution in [0.5, 0.6) is 0 Å². The summed E-state index contributed by atoms with van der Waals surface area (Å²) >= 11 is 0. The Morgan fingerprint density at radius 3 is 2.88 bits per heavy atom. The Hall–Kier alpha value is -2.25. The summed E-state index contributed by atoms with van der Waals surface area (Å²) in [7, 11) is 1.80. The molecular weight excluding hydrogens is 332 g/mol. The molecular formula is C19H24N4O3. The summed E-state index contributed by atoms with van der Waals surface area (Å²) in [5.74, 6) is 0.878. The average Bonchev–Trinajstić information content (AvgIpc) is 3.12. The quantitative estimate of drug-likeness (QED) is 0.815. The summed E-state index contributed by atoms with van der Waals surface area (Å²) in [5.41, 5.74) is 0.751. The van der Waals surface area contributed by atoms with Crippen molar-refractivity contribution in [2.24, 2.45) is 7.05 Å². The second-order valence-corrected chi connectivity index (χ2v) is 6.98. The third-order valence-electron chi connectivity index (χ3n) is 5.42.